The van der Waals surface area contributed by atoms with Crippen LogP contribution >= 0.6 is 0 Å². The Morgan fingerprint density at radius 3 is 2.67 bits per heavy atom. The lowest BCUT2D eigenvalue weighted by atomic mass is 10.0. The highest BCUT2D eigenvalue weighted by molar-refractivity contribution is 5.77. The molecule has 1 fully saturated rings. The molecule has 4 nitrogen and oxygen atoms in total. The Hall–Kier alpha value is -2.17. The van der Waals surface area contributed by atoms with Crippen LogP contribution in [0.3, 0.4) is 0 Å². The van der Waals surface area contributed by atoms with Gasteiger partial charge in [0.25, 0.3) is 0 Å². The van der Waals surface area contributed by atoms with E-state index in [0.717, 1.165) is 11.1 Å². The number of nitrogens with two attached hydrogens (primary N) is 1. The monoisotopic (exact) mass is 324 g/mol. The van der Waals surface area contributed by atoms with Crippen LogP contribution in [0.1, 0.15) is 35.3 Å². The number of aryl methyl sites for hydroxylation is 1. The normalized spacial score (nSPS) is 19.1. The summed E-state index contributed by atoms with van der Waals surface area (Å²) in [5.74, 6) is 0.0910. The van der Waals surface area contributed by atoms with Crippen molar-refractivity contribution >= 4 is 5.91 Å². The van der Waals surface area contributed by atoms with Crippen molar-refractivity contribution in [1.82, 2.24) is 4.90 Å². The summed E-state index contributed by atoms with van der Waals surface area (Å²) in [6, 6.07) is 17.7. The van der Waals surface area contributed by atoms with Gasteiger partial charge in [-0.05, 0) is 23.6 Å². The van der Waals surface area contributed by atoms with E-state index in [1.165, 1.54) is 5.56 Å². The topological polar surface area (TPSA) is 55.6 Å². The van der Waals surface area contributed by atoms with E-state index in [9.17, 15) is 4.79 Å². The summed E-state index contributed by atoms with van der Waals surface area (Å²) < 4.78 is 5.89. The Kier molecular flexibility index (Phi) is 5.28. The van der Waals surface area contributed by atoms with Gasteiger partial charge in [-0.3, -0.25) is 4.79 Å². The van der Waals surface area contributed by atoms with Crippen LogP contribution in [0.15, 0.2) is 54.6 Å². The van der Waals surface area contributed by atoms with E-state index < -0.39 is 0 Å². The average molecular weight is 324 g/mol. The van der Waals surface area contributed by atoms with Gasteiger partial charge in [0, 0.05) is 19.0 Å². The van der Waals surface area contributed by atoms with Crippen LogP contribution in [-0.4, -0.2) is 30.5 Å². The van der Waals surface area contributed by atoms with Crippen LogP contribution in [0.5, 0.6) is 0 Å². The molecule has 2 atom stereocenters. The van der Waals surface area contributed by atoms with Crippen molar-refractivity contribution in [1.29, 1.82) is 0 Å². The molecule has 24 heavy (non-hydrogen) atoms. The summed E-state index contributed by atoms with van der Waals surface area (Å²) in [7, 11) is 0. The van der Waals surface area contributed by atoms with Crippen molar-refractivity contribution in [3.8, 4) is 0 Å². The zero-order chi connectivity index (χ0) is 16.9. The number of rotatable bonds is 4. The molecule has 0 unspecified atom stereocenters. The Morgan fingerprint density at radius 1 is 1.21 bits per heavy atom. The molecule has 0 aromatic heterocycles. The molecule has 1 aliphatic rings. The number of morpholine rings is 1. The van der Waals surface area contributed by atoms with Gasteiger partial charge in [0.2, 0.25) is 5.91 Å². The standard InChI is InChI=1S/C20H24N2O2/c1-15-7-5-6-10-17(15)19-14-22(11-12-24-19)20(23)13-18(21)16-8-3-2-4-9-16/h2-10,18-19H,11-14,21H2,1H3/t18-,19+/m1/s1. The average Bonchev–Trinajstić information content (AvgIpc) is 2.63. The van der Waals surface area contributed by atoms with Crippen LogP contribution in [0.4, 0.5) is 0 Å². The van der Waals surface area contributed by atoms with Gasteiger partial charge >= 0.3 is 0 Å². The Balaban J connectivity index is 1.64. The SMILES string of the molecule is Cc1ccccc1[C@@H]1CN(C(=O)C[C@@H](N)c2ccccc2)CCO1. The Morgan fingerprint density at radius 2 is 1.92 bits per heavy atom. The first-order chi connectivity index (χ1) is 11.6. The molecule has 0 saturated carbocycles. The molecule has 1 heterocycles. The summed E-state index contributed by atoms with van der Waals surface area (Å²) in [5, 5.41) is 0. The van der Waals surface area contributed by atoms with Gasteiger partial charge in [-0.1, -0.05) is 54.6 Å². The largest absolute Gasteiger partial charge is 0.370 e. The van der Waals surface area contributed by atoms with Crippen LogP contribution in [-0.2, 0) is 9.53 Å². The number of benzene rings is 2. The van der Waals surface area contributed by atoms with E-state index in [4.69, 9.17) is 10.5 Å². The minimum Gasteiger partial charge on any atom is -0.370 e. The first kappa shape index (κ1) is 16.7. The molecule has 1 aliphatic heterocycles. The molecule has 2 aromatic rings. The van der Waals surface area contributed by atoms with Crippen molar-refractivity contribution in [2.75, 3.05) is 19.7 Å². The molecule has 1 saturated heterocycles. The van der Waals surface area contributed by atoms with Gasteiger partial charge in [0.05, 0.1) is 13.2 Å². The third-order valence-corrected chi connectivity index (χ3v) is 4.58. The van der Waals surface area contributed by atoms with E-state index in [1.54, 1.807) is 0 Å². The van der Waals surface area contributed by atoms with Crippen LogP contribution in [0.2, 0.25) is 0 Å². The maximum atomic E-state index is 12.6. The fraction of sp³-hybridized carbons (Fsp3) is 0.350. The molecular formula is C20H24N2O2. The minimum absolute atomic E-state index is 0.0585. The number of carbonyl (C=O) groups is 1. The van der Waals surface area contributed by atoms with Gasteiger partial charge in [-0.2, -0.15) is 0 Å². The van der Waals surface area contributed by atoms with Crippen LogP contribution in [0, 0.1) is 6.92 Å². The van der Waals surface area contributed by atoms with Crippen molar-refractivity contribution in [3.05, 3.63) is 71.3 Å². The lowest BCUT2D eigenvalue weighted by molar-refractivity contribution is -0.139. The van der Waals surface area contributed by atoms with Gasteiger partial charge < -0.3 is 15.4 Å². The molecule has 0 spiro atoms. The van der Waals surface area contributed by atoms with Gasteiger partial charge in [-0.25, -0.2) is 0 Å². The predicted molar refractivity (Wildman–Crippen MR) is 94.4 cm³/mol. The molecular weight excluding hydrogens is 300 g/mol. The van der Waals surface area contributed by atoms with E-state index >= 15 is 0 Å². The molecule has 4 heteroatoms. The summed E-state index contributed by atoms with van der Waals surface area (Å²) in [6.07, 6.45) is 0.265. The van der Waals surface area contributed by atoms with E-state index in [2.05, 4.69) is 19.1 Å². The third-order valence-electron chi connectivity index (χ3n) is 4.58. The quantitative estimate of drug-likeness (QED) is 0.940. The van der Waals surface area contributed by atoms with Gasteiger partial charge in [-0.15, -0.1) is 0 Å². The maximum Gasteiger partial charge on any atom is 0.224 e. The summed E-state index contributed by atoms with van der Waals surface area (Å²) in [5.41, 5.74) is 9.54. The van der Waals surface area contributed by atoms with Crippen LogP contribution < -0.4 is 5.73 Å². The number of hydrogen-bond acceptors (Lipinski definition) is 3. The molecule has 2 N–H and O–H groups in total. The minimum atomic E-state index is -0.265. The predicted octanol–water partition coefficient (Wildman–Crippen LogP) is 2.99. The third kappa shape index (κ3) is 3.83. The Bertz CT molecular complexity index is 687. The first-order valence-corrected chi connectivity index (χ1v) is 8.40. The summed E-state index contributed by atoms with van der Waals surface area (Å²) >= 11 is 0. The molecule has 0 radical (unpaired) electrons. The highest BCUT2D eigenvalue weighted by Gasteiger charge is 2.27. The van der Waals surface area contributed by atoms with Crippen LogP contribution in [0.25, 0.3) is 0 Å². The maximum absolute atomic E-state index is 12.6. The van der Waals surface area contributed by atoms with E-state index in [0.29, 0.717) is 26.1 Å². The lowest BCUT2D eigenvalue weighted by Crippen LogP contribution is -2.43. The van der Waals surface area contributed by atoms with Gasteiger partial charge in [0.1, 0.15) is 6.10 Å². The molecule has 0 aliphatic carbocycles. The fourth-order valence-corrected chi connectivity index (χ4v) is 3.15. The molecule has 1 amide bonds. The number of amides is 1. The number of ether oxygens (including phenoxy) is 1. The second-order valence-electron chi connectivity index (χ2n) is 6.28. The molecule has 2 aromatic carbocycles. The highest BCUT2D eigenvalue weighted by Crippen LogP contribution is 2.26. The fourth-order valence-electron chi connectivity index (χ4n) is 3.15. The Labute approximate surface area is 143 Å². The first-order valence-electron chi connectivity index (χ1n) is 8.40. The number of carbonyl (C=O) groups excluding carboxylic acids is 1. The van der Waals surface area contributed by atoms with Crippen molar-refractivity contribution < 1.29 is 9.53 Å². The van der Waals surface area contributed by atoms with E-state index in [-0.39, 0.29) is 18.1 Å². The zero-order valence-corrected chi connectivity index (χ0v) is 14.0. The highest BCUT2D eigenvalue weighted by atomic mass is 16.5. The zero-order valence-electron chi connectivity index (χ0n) is 14.0. The summed E-state index contributed by atoms with van der Waals surface area (Å²) in [6.45, 7) is 3.85. The second-order valence-corrected chi connectivity index (χ2v) is 6.28. The van der Waals surface area contributed by atoms with Crippen molar-refractivity contribution in [2.45, 2.75) is 25.5 Å². The van der Waals surface area contributed by atoms with Gasteiger partial charge in [0.15, 0.2) is 0 Å². The second kappa shape index (κ2) is 7.60. The molecule has 3 rings (SSSR count). The molecule has 126 valence electrons. The van der Waals surface area contributed by atoms with Crippen molar-refractivity contribution in [3.63, 3.8) is 0 Å². The lowest BCUT2D eigenvalue weighted by Gasteiger charge is -2.34. The number of nitrogens with zero attached hydrogens (tertiary/aromatic N) is 1. The van der Waals surface area contributed by atoms with Crippen molar-refractivity contribution in [2.24, 2.45) is 5.73 Å². The van der Waals surface area contributed by atoms with E-state index in [1.807, 2.05) is 47.4 Å². The summed E-state index contributed by atoms with van der Waals surface area (Å²) in [4.78, 5) is 14.5. The number of hydrogen-bond donors (Lipinski definition) is 1. The molecule has 0 bridgehead atoms. The smallest absolute Gasteiger partial charge is 0.224 e.